The van der Waals surface area contributed by atoms with Crippen LogP contribution in [0.1, 0.15) is 91.9 Å². The molecule has 4 heteroatoms. The van der Waals surface area contributed by atoms with E-state index in [2.05, 4.69) is 27.7 Å². The van der Waals surface area contributed by atoms with Gasteiger partial charge < -0.3 is 9.84 Å². The summed E-state index contributed by atoms with van der Waals surface area (Å²) in [6.07, 6.45) is 11.0. The summed E-state index contributed by atoms with van der Waals surface area (Å²) in [5.74, 6) is -0.238. The summed E-state index contributed by atoms with van der Waals surface area (Å²) >= 11 is 0. The summed E-state index contributed by atoms with van der Waals surface area (Å²) in [4.78, 5) is 23.2. The number of hydrogen-bond acceptors (Lipinski definition) is 3. The summed E-state index contributed by atoms with van der Waals surface area (Å²) in [7, 11) is 0. The zero-order valence-electron chi connectivity index (χ0n) is 16.7. The van der Waals surface area contributed by atoms with Crippen LogP contribution in [0.4, 0.5) is 0 Å². The van der Waals surface area contributed by atoms with Gasteiger partial charge in [0.15, 0.2) is 0 Å². The monoisotopic (exact) mass is 354 g/mol. The van der Waals surface area contributed by atoms with Gasteiger partial charge in [0.05, 0.1) is 13.0 Å². The molecule has 0 aliphatic carbocycles. The molecular formula is C21H38O4. The highest BCUT2D eigenvalue weighted by Crippen LogP contribution is 2.19. The second-order valence-corrected chi connectivity index (χ2v) is 7.33. The number of carboxylic acid groups (broad SMARTS) is 1. The number of ether oxygens (including phenoxy) is 1. The minimum Gasteiger partial charge on any atom is -0.481 e. The molecule has 25 heavy (non-hydrogen) atoms. The molecule has 4 nitrogen and oxygen atoms in total. The van der Waals surface area contributed by atoms with Gasteiger partial charge in [-0.25, -0.2) is 4.79 Å². The van der Waals surface area contributed by atoms with E-state index in [1.807, 2.05) is 0 Å². The first-order valence-corrected chi connectivity index (χ1v) is 9.98. The van der Waals surface area contributed by atoms with E-state index in [0.29, 0.717) is 24.0 Å². The fourth-order valence-corrected chi connectivity index (χ4v) is 2.77. The van der Waals surface area contributed by atoms with Gasteiger partial charge in [-0.2, -0.15) is 0 Å². The number of allylic oxidation sites excluding steroid dienone is 1. The number of unbranched alkanes of at least 4 members (excludes halogenated alkanes) is 3. The number of esters is 1. The van der Waals surface area contributed by atoms with Crippen LogP contribution in [0.25, 0.3) is 0 Å². The van der Waals surface area contributed by atoms with Gasteiger partial charge in [-0.3, -0.25) is 4.79 Å². The Balaban J connectivity index is 4.40. The first-order chi connectivity index (χ1) is 11.9. The zero-order valence-corrected chi connectivity index (χ0v) is 16.7. The van der Waals surface area contributed by atoms with E-state index in [0.717, 1.165) is 44.9 Å². The van der Waals surface area contributed by atoms with E-state index in [1.165, 1.54) is 12.8 Å². The van der Waals surface area contributed by atoms with Crippen molar-refractivity contribution in [3.8, 4) is 0 Å². The summed E-state index contributed by atoms with van der Waals surface area (Å²) in [6.45, 7) is 9.08. The van der Waals surface area contributed by atoms with Crippen molar-refractivity contribution in [2.24, 2.45) is 11.8 Å². The summed E-state index contributed by atoms with van der Waals surface area (Å²) in [5, 5.41) is 9.04. The van der Waals surface area contributed by atoms with Crippen molar-refractivity contribution >= 4 is 11.9 Å². The van der Waals surface area contributed by atoms with Gasteiger partial charge in [-0.05, 0) is 24.7 Å². The van der Waals surface area contributed by atoms with Gasteiger partial charge >= 0.3 is 11.9 Å². The summed E-state index contributed by atoms with van der Waals surface area (Å²) in [6, 6.07) is 0. The van der Waals surface area contributed by atoms with Gasteiger partial charge in [-0.15, -0.1) is 0 Å². The van der Waals surface area contributed by atoms with Gasteiger partial charge in [-0.1, -0.05) is 78.7 Å². The second-order valence-electron chi connectivity index (χ2n) is 7.33. The third-order valence-electron chi connectivity index (χ3n) is 4.50. The average molecular weight is 355 g/mol. The normalized spacial score (nSPS) is 13.1. The van der Waals surface area contributed by atoms with Crippen LogP contribution in [0, 0.1) is 11.8 Å². The Hall–Kier alpha value is -1.32. The Kier molecular flexibility index (Phi) is 14.2. The lowest BCUT2D eigenvalue weighted by Crippen LogP contribution is -2.13. The zero-order chi connectivity index (χ0) is 19.1. The van der Waals surface area contributed by atoms with Crippen LogP contribution in [-0.4, -0.2) is 23.7 Å². The van der Waals surface area contributed by atoms with Crippen LogP contribution in [0.15, 0.2) is 11.6 Å². The van der Waals surface area contributed by atoms with E-state index >= 15 is 0 Å². The summed E-state index contributed by atoms with van der Waals surface area (Å²) in [5.41, 5.74) is 0.296. The van der Waals surface area contributed by atoms with Crippen LogP contribution in [0.3, 0.4) is 0 Å². The van der Waals surface area contributed by atoms with Crippen molar-refractivity contribution in [2.75, 3.05) is 6.61 Å². The van der Waals surface area contributed by atoms with Crippen molar-refractivity contribution in [1.29, 1.82) is 0 Å². The lowest BCUT2D eigenvalue weighted by molar-refractivity contribution is -0.143. The fourth-order valence-electron chi connectivity index (χ4n) is 2.77. The fraction of sp³-hybridized carbons (Fsp3) is 0.810. The van der Waals surface area contributed by atoms with E-state index in [-0.39, 0.29) is 6.42 Å². The topological polar surface area (TPSA) is 63.6 Å². The van der Waals surface area contributed by atoms with Crippen LogP contribution < -0.4 is 0 Å². The molecule has 1 unspecified atom stereocenters. The average Bonchev–Trinajstić information content (AvgIpc) is 2.56. The van der Waals surface area contributed by atoms with E-state index < -0.39 is 11.9 Å². The molecular weight excluding hydrogens is 316 g/mol. The molecule has 0 rings (SSSR count). The highest BCUT2D eigenvalue weighted by atomic mass is 16.5. The van der Waals surface area contributed by atoms with Crippen molar-refractivity contribution in [3.63, 3.8) is 0 Å². The predicted molar refractivity (Wildman–Crippen MR) is 103 cm³/mol. The van der Waals surface area contributed by atoms with Gasteiger partial charge in [0, 0.05) is 5.57 Å². The highest BCUT2D eigenvalue weighted by Gasteiger charge is 2.15. The molecule has 146 valence electrons. The molecule has 1 N–H and O–H groups in total. The Morgan fingerprint density at radius 3 is 2.32 bits per heavy atom. The molecule has 0 aliphatic heterocycles. The smallest absolute Gasteiger partial charge is 0.334 e. The quantitative estimate of drug-likeness (QED) is 0.231. The molecule has 0 bridgehead atoms. The summed E-state index contributed by atoms with van der Waals surface area (Å²) < 4.78 is 5.29. The van der Waals surface area contributed by atoms with Gasteiger partial charge in [0.1, 0.15) is 0 Å². The second kappa shape index (κ2) is 15.0. The molecule has 0 fully saturated rings. The lowest BCUT2D eigenvalue weighted by atomic mass is 9.94. The molecule has 0 radical (unpaired) electrons. The molecule has 0 amide bonds. The van der Waals surface area contributed by atoms with Crippen LogP contribution in [0.2, 0.25) is 0 Å². The maximum absolute atomic E-state index is 12.2. The predicted octanol–water partition coefficient (Wildman–Crippen LogP) is 5.75. The van der Waals surface area contributed by atoms with E-state index in [1.54, 1.807) is 6.08 Å². The number of hydrogen-bond donors (Lipinski definition) is 1. The standard InChI is InChI=1S/C21H38O4/c1-5-7-12-18(6-2)13-14-19(16-20(22)23)21(24)25-15-10-8-9-11-17(3)4/h14,17-18H,5-13,15-16H2,1-4H3,(H,22,23). The van der Waals surface area contributed by atoms with Crippen molar-refractivity contribution < 1.29 is 19.4 Å². The molecule has 0 aromatic rings. The van der Waals surface area contributed by atoms with Crippen LogP contribution >= 0.6 is 0 Å². The molecule has 0 spiro atoms. The van der Waals surface area contributed by atoms with Crippen molar-refractivity contribution in [3.05, 3.63) is 11.6 Å². The number of carbonyl (C=O) groups is 2. The Morgan fingerprint density at radius 1 is 1.04 bits per heavy atom. The van der Waals surface area contributed by atoms with Gasteiger partial charge in [0.2, 0.25) is 0 Å². The maximum Gasteiger partial charge on any atom is 0.334 e. The molecule has 0 aromatic carbocycles. The van der Waals surface area contributed by atoms with Crippen molar-refractivity contribution in [2.45, 2.75) is 91.9 Å². The molecule has 0 aliphatic rings. The van der Waals surface area contributed by atoms with Crippen LogP contribution in [0.5, 0.6) is 0 Å². The molecule has 0 heterocycles. The number of rotatable bonds is 15. The molecule has 0 saturated heterocycles. The SMILES string of the molecule is CCCCC(CC)CC=C(CC(=O)O)C(=O)OCCCCCC(C)C. The largest absolute Gasteiger partial charge is 0.481 e. The van der Waals surface area contributed by atoms with Crippen molar-refractivity contribution in [1.82, 2.24) is 0 Å². The van der Waals surface area contributed by atoms with E-state index in [9.17, 15) is 9.59 Å². The third kappa shape index (κ3) is 13.6. The number of carbonyl (C=O) groups excluding carboxylic acids is 1. The Morgan fingerprint density at radius 2 is 1.76 bits per heavy atom. The third-order valence-corrected chi connectivity index (χ3v) is 4.50. The lowest BCUT2D eigenvalue weighted by Gasteiger charge is -2.13. The van der Waals surface area contributed by atoms with Gasteiger partial charge in [0.25, 0.3) is 0 Å². The minimum absolute atomic E-state index is 0.254. The highest BCUT2D eigenvalue weighted by molar-refractivity contribution is 5.93. The van der Waals surface area contributed by atoms with Crippen LogP contribution in [-0.2, 0) is 14.3 Å². The number of aliphatic carboxylic acids is 1. The Labute approximate surface area is 154 Å². The first kappa shape index (κ1) is 23.7. The van der Waals surface area contributed by atoms with E-state index in [4.69, 9.17) is 9.84 Å². The molecule has 0 saturated carbocycles. The molecule has 1 atom stereocenters. The Bertz CT molecular complexity index is 399. The number of carboxylic acids is 1. The maximum atomic E-state index is 12.2. The first-order valence-electron chi connectivity index (χ1n) is 9.98. The minimum atomic E-state index is -0.984. The molecule has 0 aromatic heterocycles.